The molecule has 4 heteroatoms. The van der Waals surface area contributed by atoms with Gasteiger partial charge < -0.3 is 4.90 Å². The van der Waals surface area contributed by atoms with Gasteiger partial charge in [0, 0.05) is 24.4 Å². The average Bonchev–Trinajstić information content (AvgIpc) is 2.85. The van der Waals surface area contributed by atoms with Crippen molar-refractivity contribution in [3.05, 3.63) is 22.4 Å². The molecule has 0 bridgehead atoms. The monoisotopic (exact) mass is 250 g/mol. The second-order valence-electron chi connectivity index (χ2n) is 3.80. The van der Waals surface area contributed by atoms with E-state index in [1.54, 1.807) is 11.3 Å². The molecule has 0 saturated heterocycles. The minimum absolute atomic E-state index is 0.144. The van der Waals surface area contributed by atoms with E-state index in [0.717, 1.165) is 18.0 Å². The van der Waals surface area contributed by atoms with Crippen LogP contribution in [0, 0.1) is 11.3 Å². The molecular weight excluding hydrogens is 232 g/mol. The van der Waals surface area contributed by atoms with Gasteiger partial charge in [-0.2, -0.15) is 5.26 Å². The second kappa shape index (κ2) is 7.08. The van der Waals surface area contributed by atoms with Crippen LogP contribution in [0.3, 0.4) is 0 Å². The molecule has 92 valence electrons. The number of thiophene rings is 1. The number of rotatable bonds is 6. The first-order valence-electron chi connectivity index (χ1n) is 5.93. The Bertz CT molecular complexity index is 377. The molecule has 0 aliphatic heterocycles. The molecule has 1 amide bonds. The molecule has 0 saturated carbocycles. The Morgan fingerprint density at radius 3 is 2.71 bits per heavy atom. The standard InChI is InChI=1S/C13H18N2OS/c1-3-15(4-2)13(16)8-7-11(10-14)12-6-5-9-17-12/h5-6,9,11H,3-4,7-8H2,1-2H3. The third-order valence-corrected chi connectivity index (χ3v) is 3.79. The van der Waals surface area contributed by atoms with E-state index >= 15 is 0 Å². The molecule has 0 N–H and O–H groups in total. The van der Waals surface area contributed by atoms with E-state index in [2.05, 4.69) is 6.07 Å². The third-order valence-electron chi connectivity index (χ3n) is 2.81. The lowest BCUT2D eigenvalue weighted by atomic mass is 10.0. The number of hydrogen-bond acceptors (Lipinski definition) is 3. The summed E-state index contributed by atoms with van der Waals surface area (Å²) in [5.41, 5.74) is 0. The van der Waals surface area contributed by atoms with Gasteiger partial charge in [-0.3, -0.25) is 4.79 Å². The summed E-state index contributed by atoms with van der Waals surface area (Å²) in [5, 5.41) is 11.1. The highest BCUT2D eigenvalue weighted by Crippen LogP contribution is 2.25. The Hall–Kier alpha value is -1.34. The molecule has 1 heterocycles. The highest BCUT2D eigenvalue weighted by atomic mass is 32.1. The average molecular weight is 250 g/mol. The minimum atomic E-state index is -0.144. The van der Waals surface area contributed by atoms with Crippen molar-refractivity contribution in [3.8, 4) is 6.07 Å². The van der Waals surface area contributed by atoms with Crippen molar-refractivity contribution in [3.63, 3.8) is 0 Å². The molecule has 1 unspecified atom stereocenters. The van der Waals surface area contributed by atoms with Crippen molar-refractivity contribution in [2.45, 2.75) is 32.6 Å². The van der Waals surface area contributed by atoms with Crippen LogP contribution in [-0.2, 0) is 4.79 Å². The van der Waals surface area contributed by atoms with Crippen molar-refractivity contribution < 1.29 is 4.79 Å². The molecule has 1 aromatic rings. The topological polar surface area (TPSA) is 44.1 Å². The summed E-state index contributed by atoms with van der Waals surface area (Å²) in [4.78, 5) is 14.7. The first kappa shape index (κ1) is 13.7. The molecule has 1 rings (SSSR count). The molecule has 0 radical (unpaired) electrons. The molecular formula is C13H18N2OS. The van der Waals surface area contributed by atoms with Crippen molar-refractivity contribution >= 4 is 17.2 Å². The Morgan fingerprint density at radius 2 is 2.24 bits per heavy atom. The van der Waals surface area contributed by atoms with Gasteiger partial charge in [-0.15, -0.1) is 11.3 Å². The summed E-state index contributed by atoms with van der Waals surface area (Å²) in [6, 6.07) is 6.17. The van der Waals surface area contributed by atoms with Crippen LogP contribution in [-0.4, -0.2) is 23.9 Å². The van der Waals surface area contributed by atoms with Gasteiger partial charge in [-0.25, -0.2) is 0 Å². The molecule has 0 aromatic carbocycles. The first-order valence-corrected chi connectivity index (χ1v) is 6.81. The predicted octanol–water partition coefficient (Wildman–Crippen LogP) is 3.00. The summed E-state index contributed by atoms with van der Waals surface area (Å²) < 4.78 is 0. The first-order chi connectivity index (χ1) is 8.22. The number of nitrogens with zero attached hydrogens (tertiary/aromatic N) is 2. The largest absolute Gasteiger partial charge is 0.343 e. The summed E-state index contributed by atoms with van der Waals surface area (Å²) >= 11 is 1.58. The van der Waals surface area contributed by atoms with Crippen LogP contribution in [0.5, 0.6) is 0 Å². The zero-order valence-electron chi connectivity index (χ0n) is 10.3. The lowest BCUT2D eigenvalue weighted by Crippen LogP contribution is -2.30. The molecule has 3 nitrogen and oxygen atoms in total. The third kappa shape index (κ3) is 3.86. The smallest absolute Gasteiger partial charge is 0.222 e. The molecule has 17 heavy (non-hydrogen) atoms. The van der Waals surface area contributed by atoms with Crippen molar-refractivity contribution in [1.82, 2.24) is 4.90 Å². The van der Waals surface area contributed by atoms with Crippen LogP contribution >= 0.6 is 11.3 Å². The van der Waals surface area contributed by atoms with E-state index in [0.29, 0.717) is 12.8 Å². The van der Waals surface area contributed by atoms with E-state index < -0.39 is 0 Å². The van der Waals surface area contributed by atoms with Gasteiger partial charge in [0.2, 0.25) is 5.91 Å². The van der Waals surface area contributed by atoms with Gasteiger partial charge in [0.05, 0.1) is 12.0 Å². The maximum Gasteiger partial charge on any atom is 0.222 e. The van der Waals surface area contributed by atoms with Crippen LogP contribution in [0.1, 0.15) is 37.5 Å². The molecule has 1 aromatic heterocycles. The molecule has 0 spiro atoms. The molecule has 0 aliphatic carbocycles. The van der Waals surface area contributed by atoms with Gasteiger partial charge in [0.1, 0.15) is 0 Å². The number of hydrogen-bond donors (Lipinski definition) is 0. The van der Waals surface area contributed by atoms with E-state index in [-0.39, 0.29) is 11.8 Å². The van der Waals surface area contributed by atoms with Gasteiger partial charge in [0.25, 0.3) is 0 Å². The maximum absolute atomic E-state index is 11.8. The van der Waals surface area contributed by atoms with Crippen LogP contribution in [0.15, 0.2) is 17.5 Å². The molecule has 0 aliphatic rings. The van der Waals surface area contributed by atoms with Crippen molar-refractivity contribution in [2.24, 2.45) is 0 Å². The minimum Gasteiger partial charge on any atom is -0.343 e. The predicted molar refractivity (Wildman–Crippen MR) is 69.8 cm³/mol. The quantitative estimate of drug-likeness (QED) is 0.779. The van der Waals surface area contributed by atoms with Crippen LogP contribution in [0.4, 0.5) is 0 Å². The van der Waals surface area contributed by atoms with Gasteiger partial charge >= 0.3 is 0 Å². The van der Waals surface area contributed by atoms with E-state index in [9.17, 15) is 4.79 Å². The van der Waals surface area contributed by atoms with Crippen LogP contribution in [0.25, 0.3) is 0 Å². The van der Waals surface area contributed by atoms with Crippen molar-refractivity contribution in [1.29, 1.82) is 5.26 Å². The zero-order chi connectivity index (χ0) is 12.7. The normalized spacial score (nSPS) is 11.8. The number of carbonyl (C=O) groups is 1. The Balaban J connectivity index is 2.49. The molecule has 0 fully saturated rings. The van der Waals surface area contributed by atoms with Crippen LogP contribution in [0.2, 0.25) is 0 Å². The second-order valence-corrected chi connectivity index (χ2v) is 4.78. The fraction of sp³-hybridized carbons (Fsp3) is 0.538. The lowest BCUT2D eigenvalue weighted by molar-refractivity contribution is -0.130. The summed E-state index contributed by atoms with van der Waals surface area (Å²) in [7, 11) is 0. The lowest BCUT2D eigenvalue weighted by Gasteiger charge is -2.19. The van der Waals surface area contributed by atoms with Gasteiger partial charge in [0.15, 0.2) is 0 Å². The van der Waals surface area contributed by atoms with Crippen LogP contribution < -0.4 is 0 Å². The van der Waals surface area contributed by atoms with Gasteiger partial charge in [-0.05, 0) is 31.7 Å². The number of nitriles is 1. The Morgan fingerprint density at radius 1 is 1.53 bits per heavy atom. The van der Waals surface area contributed by atoms with Gasteiger partial charge in [-0.1, -0.05) is 6.07 Å². The zero-order valence-corrected chi connectivity index (χ0v) is 11.2. The Kier molecular flexibility index (Phi) is 5.71. The summed E-state index contributed by atoms with van der Waals surface area (Å²) in [5.74, 6) is 0.00122. The number of carbonyl (C=O) groups excluding carboxylic acids is 1. The Labute approximate surface area is 107 Å². The fourth-order valence-electron chi connectivity index (χ4n) is 1.76. The fourth-order valence-corrected chi connectivity index (χ4v) is 2.57. The SMILES string of the molecule is CCN(CC)C(=O)CCC(C#N)c1cccs1. The van der Waals surface area contributed by atoms with E-state index in [1.165, 1.54) is 0 Å². The van der Waals surface area contributed by atoms with Crippen molar-refractivity contribution in [2.75, 3.05) is 13.1 Å². The number of amides is 1. The summed E-state index contributed by atoms with van der Waals surface area (Å²) in [6.07, 6.45) is 1.07. The van der Waals surface area contributed by atoms with E-state index in [4.69, 9.17) is 5.26 Å². The van der Waals surface area contributed by atoms with E-state index in [1.807, 2.05) is 36.3 Å². The highest BCUT2D eigenvalue weighted by molar-refractivity contribution is 7.10. The molecule has 1 atom stereocenters. The maximum atomic E-state index is 11.8. The highest BCUT2D eigenvalue weighted by Gasteiger charge is 2.16. The summed E-state index contributed by atoms with van der Waals surface area (Å²) in [6.45, 7) is 5.43.